The molecule has 0 aromatic rings. The van der Waals surface area contributed by atoms with Crippen LogP contribution >= 0.6 is 0 Å². The van der Waals surface area contributed by atoms with E-state index in [-0.39, 0.29) is 5.54 Å². The molecule has 0 bridgehead atoms. The van der Waals surface area contributed by atoms with Crippen molar-refractivity contribution in [2.45, 2.75) is 65.8 Å². The molecule has 2 aliphatic rings. The first-order valence-electron chi connectivity index (χ1n) is 8.75. The summed E-state index contributed by atoms with van der Waals surface area (Å²) in [6.07, 6.45) is 5.09. The molecular formula is C18H36N2O. The maximum absolute atomic E-state index is 5.63. The molecule has 21 heavy (non-hydrogen) atoms. The van der Waals surface area contributed by atoms with Crippen molar-refractivity contribution >= 4 is 0 Å². The van der Waals surface area contributed by atoms with Crippen molar-refractivity contribution in [1.29, 1.82) is 0 Å². The van der Waals surface area contributed by atoms with Gasteiger partial charge in [0.15, 0.2) is 0 Å². The van der Waals surface area contributed by atoms with E-state index in [1.165, 1.54) is 45.3 Å². The van der Waals surface area contributed by atoms with Crippen molar-refractivity contribution in [1.82, 2.24) is 10.2 Å². The predicted molar refractivity (Wildman–Crippen MR) is 89.7 cm³/mol. The van der Waals surface area contributed by atoms with Gasteiger partial charge in [0.25, 0.3) is 0 Å². The van der Waals surface area contributed by atoms with Crippen molar-refractivity contribution < 1.29 is 4.74 Å². The standard InChI is InChI=1S/C18H36N2O/c1-16(2,3)19-14-18(8-12-21-13-9-18)15-20-10-6-17(4,5)7-11-20/h19H,6-15H2,1-5H3. The van der Waals surface area contributed by atoms with E-state index in [0.717, 1.165) is 19.8 Å². The fourth-order valence-corrected chi connectivity index (χ4v) is 3.44. The second-order valence-electron chi connectivity index (χ2n) is 9.16. The van der Waals surface area contributed by atoms with Crippen molar-refractivity contribution in [3.8, 4) is 0 Å². The van der Waals surface area contributed by atoms with Gasteiger partial charge in [0, 0.05) is 31.8 Å². The van der Waals surface area contributed by atoms with Gasteiger partial charge < -0.3 is 15.0 Å². The Hall–Kier alpha value is -0.120. The van der Waals surface area contributed by atoms with Gasteiger partial charge in [-0.3, -0.25) is 0 Å². The highest BCUT2D eigenvalue weighted by atomic mass is 16.5. The zero-order valence-corrected chi connectivity index (χ0v) is 14.9. The van der Waals surface area contributed by atoms with Gasteiger partial charge in [-0.2, -0.15) is 0 Å². The van der Waals surface area contributed by atoms with Gasteiger partial charge in [-0.05, 0) is 70.4 Å². The number of hydrogen-bond acceptors (Lipinski definition) is 3. The lowest BCUT2D eigenvalue weighted by Crippen LogP contribution is -2.52. The van der Waals surface area contributed by atoms with Crippen LogP contribution in [0.25, 0.3) is 0 Å². The van der Waals surface area contributed by atoms with Crippen LogP contribution in [0.2, 0.25) is 0 Å². The van der Waals surface area contributed by atoms with Crippen LogP contribution in [-0.4, -0.2) is 49.8 Å². The van der Waals surface area contributed by atoms with E-state index in [0.29, 0.717) is 10.8 Å². The Morgan fingerprint density at radius 3 is 2.10 bits per heavy atom. The summed E-state index contributed by atoms with van der Waals surface area (Å²) in [6.45, 7) is 18.4. The van der Waals surface area contributed by atoms with Gasteiger partial charge in [0.2, 0.25) is 0 Å². The number of nitrogens with zero attached hydrogens (tertiary/aromatic N) is 1. The van der Waals surface area contributed by atoms with Crippen molar-refractivity contribution in [2.75, 3.05) is 39.4 Å². The van der Waals surface area contributed by atoms with E-state index < -0.39 is 0 Å². The molecule has 2 fully saturated rings. The van der Waals surface area contributed by atoms with Gasteiger partial charge in [-0.15, -0.1) is 0 Å². The molecule has 2 aliphatic heterocycles. The maximum atomic E-state index is 5.63. The monoisotopic (exact) mass is 296 g/mol. The molecule has 1 N–H and O–H groups in total. The summed E-state index contributed by atoms with van der Waals surface area (Å²) in [4.78, 5) is 2.71. The van der Waals surface area contributed by atoms with E-state index in [4.69, 9.17) is 4.74 Å². The smallest absolute Gasteiger partial charge is 0.0472 e. The van der Waals surface area contributed by atoms with Gasteiger partial charge in [-0.25, -0.2) is 0 Å². The molecule has 2 saturated heterocycles. The lowest BCUT2D eigenvalue weighted by molar-refractivity contribution is -0.0159. The molecule has 0 amide bonds. The van der Waals surface area contributed by atoms with Crippen LogP contribution in [0.1, 0.15) is 60.3 Å². The number of piperidine rings is 1. The normalized spacial score (nSPS) is 26.7. The van der Waals surface area contributed by atoms with Gasteiger partial charge in [0.1, 0.15) is 0 Å². The first-order valence-corrected chi connectivity index (χ1v) is 8.75. The fourth-order valence-electron chi connectivity index (χ4n) is 3.44. The summed E-state index contributed by atoms with van der Waals surface area (Å²) in [6, 6.07) is 0. The minimum atomic E-state index is 0.204. The second kappa shape index (κ2) is 6.55. The Bertz CT molecular complexity index is 317. The molecule has 0 aliphatic carbocycles. The zero-order chi connectivity index (χ0) is 15.6. The molecule has 0 unspecified atom stereocenters. The number of rotatable bonds is 4. The van der Waals surface area contributed by atoms with Gasteiger partial charge >= 0.3 is 0 Å². The number of hydrogen-bond donors (Lipinski definition) is 1. The van der Waals surface area contributed by atoms with E-state index >= 15 is 0 Å². The zero-order valence-electron chi connectivity index (χ0n) is 14.9. The molecule has 0 aromatic heterocycles. The third-order valence-corrected chi connectivity index (χ3v) is 5.32. The number of ether oxygens (including phenoxy) is 1. The van der Waals surface area contributed by atoms with Crippen molar-refractivity contribution in [3.05, 3.63) is 0 Å². The van der Waals surface area contributed by atoms with E-state index in [1.807, 2.05) is 0 Å². The van der Waals surface area contributed by atoms with Crippen LogP contribution in [0.3, 0.4) is 0 Å². The molecule has 0 spiro atoms. The lowest BCUT2D eigenvalue weighted by atomic mass is 9.77. The Labute approximate surface area is 131 Å². The van der Waals surface area contributed by atoms with Crippen molar-refractivity contribution in [3.63, 3.8) is 0 Å². The third-order valence-electron chi connectivity index (χ3n) is 5.32. The van der Waals surface area contributed by atoms with E-state index in [1.54, 1.807) is 0 Å². The molecule has 0 radical (unpaired) electrons. The summed E-state index contributed by atoms with van der Waals surface area (Å²) in [5, 5.41) is 3.76. The summed E-state index contributed by atoms with van der Waals surface area (Å²) in [5.41, 5.74) is 1.16. The minimum absolute atomic E-state index is 0.204. The maximum Gasteiger partial charge on any atom is 0.0472 e. The van der Waals surface area contributed by atoms with Crippen LogP contribution in [0.4, 0.5) is 0 Å². The molecule has 0 atom stereocenters. The predicted octanol–water partition coefficient (Wildman–Crippen LogP) is 3.29. The number of nitrogens with one attached hydrogen (secondary N) is 1. The molecule has 2 heterocycles. The Balaban J connectivity index is 1.93. The Kier molecular flexibility index (Phi) is 5.38. The van der Waals surface area contributed by atoms with E-state index in [9.17, 15) is 0 Å². The molecule has 124 valence electrons. The van der Waals surface area contributed by atoms with Crippen LogP contribution in [0.15, 0.2) is 0 Å². The average Bonchev–Trinajstić information content (AvgIpc) is 2.40. The van der Waals surface area contributed by atoms with Crippen molar-refractivity contribution in [2.24, 2.45) is 10.8 Å². The molecule has 0 aromatic carbocycles. The lowest BCUT2D eigenvalue weighted by Gasteiger charge is -2.45. The second-order valence-corrected chi connectivity index (χ2v) is 9.16. The highest BCUT2D eigenvalue weighted by molar-refractivity contribution is 4.91. The van der Waals surface area contributed by atoms with Crippen LogP contribution < -0.4 is 5.32 Å². The SMILES string of the molecule is CC1(C)CCN(CC2(CNC(C)(C)C)CCOCC2)CC1. The number of likely N-dealkylation sites (tertiary alicyclic amines) is 1. The molecular weight excluding hydrogens is 260 g/mol. The van der Waals surface area contributed by atoms with E-state index in [2.05, 4.69) is 44.8 Å². The average molecular weight is 296 g/mol. The first kappa shape index (κ1) is 17.2. The third kappa shape index (κ3) is 5.54. The molecule has 3 heteroatoms. The fraction of sp³-hybridized carbons (Fsp3) is 1.00. The van der Waals surface area contributed by atoms with Gasteiger partial charge in [-0.1, -0.05) is 13.8 Å². The summed E-state index contributed by atoms with van der Waals surface area (Å²) in [7, 11) is 0. The largest absolute Gasteiger partial charge is 0.381 e. The van der Waals surface area contributed by atoms with Gasteiger partial charge in [0.05, 0.1) is 0 Å². The van der Waals surface area contributed by atoms with Crippen LogP contribution in [0.5, 0.6) is 0 Å². The Morgan fingerprint density at radius 1 is 1.00 bits per heavy atom. The molecule has 3 nitrogen and oxygen atoms in total. The molecule has 0 saturated carbocycles. The van der Waals surface area contributed by atoms with Crippen LogP contribution in [-0.2, 0) is 4.74 Å². The first-order chi connectivity index (χ1) is 9.70. The summed E-state index contributed by atoms with van der Waals surface area (Å²) < 4.78 is 5.63. The Morgan fingerprint density at radius 2 is 1.57 bits per heavy atom. The minimum Gasteiger partial charge on any atom is -0.381 e. The highest BCUT2D eigenvalue weighted by Crippen LogP contribution is 2.35. The van der Waals surface area contributed by atoms with Crippen LogP contribution in [0, 0.1) is 10.8 Å². The molecule has 2 rings (SSSR count). The topological polar surface area (TPSA) is 24.5 Å². The highest BCUT2D eigenvalue weighted by Gasteiger charge is 2.37. The summed E-state index contributed by atoms with van der Waals surface area (Å²) in [5.74, 6) is 0. The quantitative estimate of drug-likeness (QED) is 0.861. The summed E-state index contributed by atoms with van der Waals surface area (Å²) >= 11 is 0.